The van der Waals surface area contributed by atoms with Crippen LogP contribution < -0.4 is 10.6 Å². The molecule has 1 aromatic carbocycles. The maximum absolute atomic E-state index is 11.5. The van der Waals surface area contributed by atoms with E-state index in [-0.39, 0.29) is 19.4 Å². The molecule has 0 spiro atoms. The molecule has 7 nitrogen and oxygen atoms in total. The van der Waals surface area contributed by atoms with E-state index in [4.69, 9.17) is 10.2 Å². The van der Waals surface area contributed by atoms with Gasteiger partial charge in [-0.25, -0.2) is 9.59 Å². The van der Waals surface area contributed by atoms with Crippen LogP contribution in [-0.4, -0.2) is 34.2 Å². The van der Waals surface area contributed by atoms with Crippen LogP contribution in [0.2, 0.25) is 0 Å². The minimum absolute atomic E-state index is 0.163. The number of carboxylic acids is 2. The molecule has 0 heterocycles. The first-order valence-electron chi connectivity index (χ1n) is 6.02. The third-order valence-electron chi connectivity index (χ3n) is 2.55. The number of benzene rings is 1. The highest BCUT2D eigenvalue weighted by atomic mass is 16.4. The summed E-state index contributed by atoms with van der Waals surface area (Å²) in [5, 5.41) is 22.1. The number of carbonyl (C=O) groups is 3. The van der Waals surface area contributed by atoms with E-state index in [9.17, 15) is 14.4 Å². The minimum Gasteiger partial charge on any atom is -0.481 e. The van der Waals surface area contributed by atoms with Crippen molar-refractivity contribution in [3.63, 3.8) is 0 Å². The predicted octanol–water partition coefficient (Wildman–Crippen LogP) is 0.804. The summed E-state index contributed by atoms with van der Waals surface area (Å²) in [4.78, 5) is 32.8. The number of carboxylic acid groups (broad SMARTS) is 2. The Bertz CT molecular complexity index is 475. The Morgan fingerprint density at radius 1 is 1.10 bits per heavy atom. The molecule has 1 aromatic rings. The molecule has 0 unspecified atom stereocenters. The van der Waals surface area contributed by atoms with Crippen LogP contribution in [-0.2, 0) is 16.1 Å². The summed E-state index contributed by atoms with van der Waals surface area (Å²) >= 11 is 0. The normalized spacial score (nSPS) is 11.4. The molecule has 0 bridgehead atoms. The van der Waals surface area contributed by atoms with Crippen LogP contribution in [0.25, 0.3) is 0 Å². The van der Waals surface area contributed by atoms with Crippen molar-refractivity contribution in [1.29, 1.82) is 0 Å². The fourth-order valence-electron chi connectivity index (χ4n) is 1.51. The molecule has 0 saturated carbocycles. The Kier molecular flexibility index (Phi) is 6.02. The largest absolute Gasteiger partial charge is 0.481 e. The highest BCUT2D eigenvalue weighted by molar-refractivity contribution is 5.82. The first-order valence-corrected chi connectivity index (χ1v) is 6.02. The fourth-order valence-corrected chi connectivity index (χ4v) is 1.51. The lowest BCUT2D eigenvalue weighted by Crippen LogP contribution is -2.45. The molecule has 1 atom stereocenters. The Balaban J connectivity index is 2.41. The lowest BCUT2D eigenvalue weighted by Gasteiger charge is -2.14. The van der Waals surface area contributed by atoms with E-state index in [1.165, 1.54) is 0 Å². The van der Waals surface area contributed by atoms with E-state index in [1.807, 2.05) is 30.3 Å². The van der Waals surface area contributed by atoms with Crippen LogP contribution >= 0.6 is 0 Å². The molecule has 0 fully saturated rings. The van der Waals surface area contributed by atoms with E-state index in [0.717, 1.165) is 5.56 Å². The van der Waals surface area contributed by atoms with Crippen LogP contribution in [0.1, 0.15) is 18.4 Å². The second kappa shape index (κ2) is 7.78. The zero-order valence-electron chi connectivity index (χ0n) is 10.7. The van der Waals surface area contributed by atoms with E-state index >= 15 is 0 Å². The third-order valence-corrected chi connectivity index (χ3v) is 2.55. The summed E-state index contributed by atoms with van der Waals surface area (Å²) in [7, 11) is 0. The van der Waals surface area contributed by atoms with Gasteiger partial charge in [0, 0.05) is 13.0 Å². The third kappa shape index (κ3) is 5.85. The molecule has 2 amide bonds. The van der Waals surface area contributed by atoms with Crippen molar-refractivity contribution in [2.75, 3.05) is 0 Å². The van der Waals surface area contributed by atoms with Crippen LogP contribution in [0.5, 0.6) is 0 Å². The van der Waals surface area contributed by atoms with Gasteiger partial charge in [0.2, 0.25) is 0 Å². The smallest absolute Gasteiger partial charge is 0.326 e. The second-order valence-electron chi connectivity index (χ2n) is 4.14. The topological polar surface area (TPSA) is 116 Å². The number of hydrogen-bond acceptors (Lipinski definition) is 3. The zero-order chi connectivity index (χ0) is 15.0. The SMILES string of the molecule is O=C(O)CC[C@H](NC(=O)NCc1ccccc1)C(=O)O. The van der Waals surface area contributed by atoms with Crippen molar-refractivity contribution in [3.05, 3.63) is 35.9 Å². The number of urea groups is 1. The van der Waals surface area contributed by atoms with Crippen LogP contribution in [0, 0.1) is 0 Å². The predicted molar refractivity (Wildman–Crippen MR) is 70.1 cm³/mol. The van der Waals surface area contributed by atoms with Crippen molar-refractivity contribution in [2.45, 2.75) is 25.4 Å². The van der Waals surface area contributed by atoms with Gasteiger partial charge in [-0.15, -0.1) is 0 Å². The highest BCUT2D eigenvalue weighted by Crippen LogP contribution is 1.99. The van der Waals surface area contributed by atoms with Crippen molar-refractivity contribution in [1.82, 2.24) is 10.6 Å². The minimum atomic E-state index is -1.26. The quantitative estimate of drug-likeness (QED) is 0.589. The van der Waals surface area contributed by atoms with Gasteiger partial charge in [-0.05, 0) is 12.0 Å². The van der Waals surface area contributed by atoms with E-state index in [2.05, 4.69) is 10.6 Å². The number of amides is 2. The maximum atomic E-state index is 11.5. The lowest BCUT2D eigenvalue weighted by molar-refractivity contribution is -0.140. The summed E-state index contributed by atoms with van der Waals surface area (Å²) < 4.78 is 0. The molecule has 7 heteroatoms. The molecule has 1 rings (SSSR count). The molecular weight excluding hydrogens is 264 g/mol. The van der Waals surface area contributed by atoms with Gasteiger partial charge in [0.1, 0.15) is 6.04 Å². The molecule has 0 aliphatic carbocycles. The first kappa shape index (κ1) is 15.5. The fraction of sp³-hybridized carbons (Fsp3) is 0.308. The summed E-state index contributed by atoms with van der Waals surface area (Å²) in [6.45, 7) is 0.262. The molecule has 0 aliphatic heterocycles. The average molecular weight is 280 g/mol. The number of rotatable bonds is 7. The van der Waals surface area contributed by atoms with Gasteiger partial charge < -0.3 is 20.8 Å². The molecule has 108 valence electrons. The van der Waals surface area contributed by atoms with Gasteiger partial charge in [0.25, 0.3) is 0 Å². The van der Waals surface area contributed by atoms with Gasteiger partial charge in [-0.1, -0.05) is 30.3 Å². The second-order valence-corrected chi connectivity index (χ2v) is 4.14. The van der Waals surface area contributed by atoms with Gasteiger partial charge in [-0.2, -0.15) is 0 Å². The lowest BCUT2D eigenvalue weighted by atomic mass is 10.1. The number of nitrogens with one attached hydrogen (secondary N) is 2. The van der Waals surface area contributed by atoms with E-state index in [0.29, 0.717) is 0 Å². The summed E-state index contributed by atoms with van der Waals surface area (Å²) in [6, 6.07) is 7.26. The Morgan fingerprint density at radius 3 is 2.30 bits per heavy atom. The molecule has 0 aromatic heterocycles. The summed E-state index contributed by atoms with van der Waals surface area (Å²) in [6.07, 6.45) is -0.487. The molecular formula is C13H16N2O5. The van der Waals surface area contributed by atoms with Gasteiger partial charge in [-0.3, -0.25) is 4.79 Å². The van der Waals surface area contributed by atoms with Crippen LogP contribution in [0.3, 0.4) is 0 Å². The van der Waals surface area contributed by atoms with Gasteiger partial charge in [0.15, 0.2) is 0 Å². The maximum Gasteiger partial charge on any atom is 0.326 e. The average Bonchev–Trinajstić information content (AvgIpc) is 2.41. The number of hydrogen-bond donors (Lipinski definition) is 4. The molecule has 4 N–H and O–H groups in total. The number of carbonyl (C=O) groups excluding carboxylic acids is 1. The van der Waals surface area contributed by atoms with E-state index in [1.54, 1.807) is 0 Å². The Morgan fingerprint density at radius 2 is 1.75 bits per heavy atom. The van der Waals surface area contributed by atoms with Crippen LogP contribution in [0.4, 0.5) is 4.79 Å². The first-order chi connectivity index (χ1) is 9.49. The van der Waals surface area contributed by atoms with Crippen molar-refractivity contribution in [2.24, 2.45) is 0 Å². The standard InChI is InChI=1S/C13H16N2O5/c16-11(17)7-6-10(12(18)19)15-13(20)14-8-9-4-2-1-3-5-9/h1-5,10H,6-8H2,(H,16,17)(H,18,19)(H2,14,15,20)/t10-/m0/s1. The van der Waals surface area contributed by atoms with Crippen LogP contribution in [0.15, 0.2) is 30.3 Å². The van der Waals surface area contributed by atoms with Crippen molar-refractivity contribution < 1.29 is 24.6 Å². The molecule has 0 radical (unpaired) electrons. The van der Waals surface area contributed by atoms with Gasteiger partial charge in [0.05, 0.1) is 0 Å². The van der Waals surface area contributed by atoms with Crippen molar-refractivity contribution >= 4 is 18.0 Å². The molecule has 20 heavy (non-hydrogen) atoms. The zero-order valence-corrected chi connectivity index (χ0v) is 10.7. The van der Waals surface area contributed by atoms with Crippen molar-refractivity contribution in [3.8, 4) is 0 Å². The monoisotopic (exact) mass is 280 g/mol. The van der Waals surface area contributed by atoms with Gasteiger partial charge >= 0.3 is 18.0 Å². The number of aliphatic carboxylic acids is 2. The van der Waals surface area contributed by atoms with E-state index < -0.39 is 24.0 Å². The Hall–Kier alpha value is -2.57. The summed E-state index contributed by atoms with van der Waals surface area (Å²) in [5.41, 5.74) is 0.875. The molecule has 0 aliphatic rings. The summed E-state index contributed by atoms with van der Waals surface area (Å²) in [5.74, 6) is -2.37. The Labute approximate surface area is 115 Å². The molecule has 0 saturated heterocycles. The highest BCUT2D eigenvalue weighted by Gasteiger charge is 2.20.